The molecule has 6 nitrogen and oxygen atoms in total. The van der Waals surface area contributed by atoms with Gasteiger partial charge in [0.1, 0.15) is 6.10 Å². The highest BCUT2D eigenvalue weighted by molar-refractivity contribution is 5.79. The molecular weight excluding hydrogens is 282 g/mol. The molecular formula is C16H31N3O3. The molecule has 0 unspecified atom stereocenters. The Hall–Kier alpha value is -1.30. The highest BCUT2D eigenvalue weighted by Crippen LogP contribution is 2.21. The van der Waals surface area contributed by atoms with Crippen molar-refractivity contribution in [3.05, 3.63) is 0 Å². The molecule has 0 aromatic carbocycles. The molecule has 1 fully saturated rings. The minimum absolute atomic E-state index is 0.0867. The molecule has 0 aromatic rings. The lowest BCUT2D eigenvalue weighted by molar-refractivity contribution is -0.148. The van der Waals surface area contributed by atoms with E-state index in [-0.39, 0.29) is 12.1 Å². The lowest BCUT2D eigenvalue weighted by atomic mass is 10.3. The standard InChI is InChI=1S/C16H31N3O3/c1-3-17-16(19-12-13-21-4-2)18-11-7-10-15(20)22-14-8-5-6-9-14/h14H,3-13H2,1-2H3,(H2,17,18,19). The molecule has 0 amide bonds. The van der Waals surface area contributed by atoms with Crippen LogP contribution in [0, 0.1) is 0 Å². The Balaban J connectivity index is 2.14. The van der Waals surface area contributed by atoms with Crippen LogP contribution in [-0.2, 0) is 14.3 Å². The van der Waals surface area contributed by atoms with Crippen LogP contribution in [0.3, 0.4) is 0 Å². The van der Waals surface area contributed by atoms with Gasteiger partial charge in [0.05, 0.1) is 6.61 Å². The van der Waals surface area contributed by atoms with Crippen LogP contribution in [0.15, 0.2) is 4.99 Å². The monoisotopic (exact) mass is 313 g/mol. The van der Waals surface area contributed by atoms with Gasteiger partial charge < -0.3 is 20.1 Å². The molecule has 0 aromatic heterocycles. The van der Waals surface area contributed by atoms with E-state index in [1.54, 1.807) is 0 Å². The van der Waals surface area contributed by atoms with E-state index in [1.807, 2.05) is 13.8 Å². The number of carbonyl (C=O) groups excluding carboxylic acids is 1. The van der Waals surface area contributed by atoms with Crippen molar-refractivity contribution in [3.8, 4) is 0 Å². The van der Waals surface area contributed by atoms with Crippen LogP contribution in [0.1, 0.15) is 52.4 Å². The van der Waals surface area contributed by atoms with Crippen molar-refractivity contribution in [2.24, 2.45) is 4.99 Å². The average molecular weight is 313 g/mol. The van der Waals surface area contributed by atoms with Crippen molar-refractivity contribution in [1.82, 2.24) is 10.6 Å². The molecule has 1 aliphatic carbocycles. The maximum absolute atomic E-state index is 11.7. The summed E-state index contributed by atoms with van der Waals surface area (Å²) in [5.74, 6) is 0.683. The predicted molar refractivity (Wildman–Crippen MR) is 88.1 cm³/mol. The molecule has 128 valence electrons. The van der Waals surface area contributed by atoms with Crippen LogP contribution < -0.4 is 10.6 Å². The van der Waals surface area contributed by atoms with E-state index in [9.17, 15) is 4.79 Å². The number of ether oxygens (including phenoxy) is 2. The third kappa shape index (κ3) is 8.87. The van der Waals surface area contributed by atoms with E-state index in [0.29, 0.717) is 26.0 Å². The van der Waals surface area contributed by atoms with Gasteiger partial charge in [0.2, 0.25) is 0 Å². The summed E-state index contributed by atoms with van der Waals surface area (Å²) in [7, 11) is 0. The number of hydrogen-bond donors (Lipinski definition) is 2. The summed E-state index contributed by atoms with van der Waals surface area (Å²) in [6, 6.07) is 0. The summed E-state index contributed by atoms with van der Waals surface area (Å²) in [4.78, 5) is 16.1. The largest absolute Gasteiger partial charge is 0.462 e. The first-order valence-electron chi connectivity index (χ1n) is 8.55. The lowest BCUT2D eigenvalue weighted by Crippen LogP contribution is -2.39. The molecule has 22 heavy (non-hydrogen) atoms. The third-order valence-electron chi connectivity index (χ3n) is 3.50. The highest BCUT2D eigenvalue weighted by Gasteiger charge is 2.18. The van der Waals surface area contributed by atoms with Gasteiger partial charge in [-0.3, -0.25) is 9.79 Å². The summed E-state index contributed by atoms with van der Waals surface area (Å²) < 4.78 is 10.7. The number of nitrogens with zero attached hydrogens (tertiary/aromatic N) is 1. The molecule has 0 atom stereocenters. The van der Waals surface area contributed by atoms with Gasteiger partial charge in [-0.05, 0) is 46.0 Å². The van der Waals surface area contributed by atoms with Crippen LogP contribution in [0.25, 0.3) is 0 Å². The maximum Gasteiger partial charge on any atom is 0.306 e. The van der Waals surface area contributed by atoms with Gasteiger partial charge in [-0.2, -0.15) is 0 Å². The Bertz CT molecular complexity index is 329. The van der Waals surface area contributed by atoms with Gasteiger partial charge in [-0.1, -0.05) is 0 Å². The first-order valence-corrected chi connectivity index (χ1v) is 8.55. The molecule has 0 aliphatic heterocycles. The van der Waals surface area contributed by atoms with Gasteiger partial charge >= 0.3 is 5.97 Å². The fourth-order valence-electron chi connectivity index (χ4n) is 2.39. The molecule has 0 radical (unpaired) electrons. The molecule has 6 heteroatoms. The smallest absolute Gasteiger partial charge is 0.306 e. The van der Waals surface area contributed by atoms with Crippen molar-refractivity contribution < 1.29 is 14.3 Å². The number of hydrogen-bond acceptors (Lipinski definition) is 4. The van der Waals surface area contributed by atoms with E-state index in [4.69, 9.17) is 9.47 Å². The summed E-state index contributed by atoms with van der Waals surface area (Å²) >= 11 is 0. The zero-order valence-electron chi connectivity index (χ0n) is 14.0. The molecule has 1 saturated carbocycles. The second-order valence-corrected chi connectivity index (χ2v) is 5.38. The summed E-state index contributed by atoms with van der Waals surface area (Å²) in [6.07, 6.45) is 5.74. The Kier molecular flexibility index (Phi) is 10.5. The van der Waals surface area contributed by atoms with Crippen molar-refractivity contribution >= 4 is 11.9 Å². The van der Waals surface area contributed by atoms with Gasteiger partial charge in [0, 0.05) is 32.7 Å². The Morgan fingerprint density at radius 3 is 2.68 bits per heavy atom. The van der Waals surface area contributed by atoms with E-state index in [1.165, 1.54) is 12.8 Å². The Labute approximate surface area is 134 Å². The number of guanidine groups is 1. The summed E-state index contributed by atoms with van der Waals surface area (Å²) in [5.41, 5.74) is 0. The van der Waals surface area contributed by atoms with Crippen LogP contribution in [0.4, 0.5) is 0 Å². The fraction of sp³-hybridized carbons (Fsp3) is 0.875. The molecule has 2 N–H and O–H groups in total. The van der Waals surface area contributed by atoms with E-state index in [0.717, 1.165) is 38.5 Å². The van der Waals surface area contributed by atoms with Crippen molar-refractivity contribution in [2.75, 3.05) is 32.8 Å². The molecule has 0 spiro atoms. The SMILES string of the molecule is CCNC(=NCCCC(=O)OC1CCCC1)NCCOCC. The van der Waals surface area contributed by atoms with E-state index < -0.39 is 0 Å². The van der Waals surface area contributed by atoms with E-state index in [2.05, 4.69) is 15.6 Å². The normalized spacial score (nSPS) is 15.8. The second-order valence-electron chi connectivity index (χ2n) is 5.38. The van der Waals surface area contributed by atoms with Crippen molar-refractivity contribution in [2.45, 2.75) is 58.5 Å². The first kappa shape index (κ1) is 18.7. The fourth-order valence-corrected chi connectivity index (χ4v) is 2.39. The number of nitrogens with one attached hydrogen (secondary N) is 2. The molecule has 0 bridgehead atoms. The Morgan fingerprint density at radius 1 is 1.23 bits per heavy atom. The molecule has 0 heterocycles. The topological polar surface area (TPSA) is 72.0 Å². The van der Waals surface area contributed by atoms with Crippen LogP contribution in [0.2, 0.25) is 0 Å². The summed E-state index contributed by atoms with van der Waals surface area (Å²) in [6.45, 7) is 7.53. The van der Waals surface area contributed by atoms with Gasteiger partial charge in [-0.25, -0.2) is 0 Å². The van der Waals surface area contributed by atoms with Gasteiger partial charge in [0.15, 0.2) is 5.96 Å². The maximum atomic E-state index is 11.7. The molecule has 0 saturated heterocycles. The zero-order chi connectivity index (χ0) is 16.0. The number of carbonyl (C=O) groups is 1. The van der Waals surface area contributed by atoms with Crippen molar-refractivity contribution in [3.63, 3.8) is 0 Å². The second kappa shape index (κ2) is 12.3. The van der Waals surface area contributed by atoms with Crippen LogP contribution in [-0.4, -0.2) is 50.9 Å². The van der Waals surface area contributed by atoms with Crippen molar-refractivity contribution in [1.29, 1.82) is 0 Å². The van der Waals surface area contributed by atoms with Gasteiger partial charge in [0.25, 0.3) is 0 Å². The summed E-state index contributed by atoms with van der Waals surface area (Å²) in [5, 5.41) is 6.37. The highest BCUT2D eigenvalue weighted by atomic mass is 16.5. The Morgan fingerprint density at radius 2 is 2.00 bits per heavy atom. The zero-order valence-corrected chi connectivity index (χ0v) is 14.0. The third-order valence-corrected chi connectivity index (χ3v) is 3.50. The van der Waals surface area contributed by atoms with Gasteiger partial charge in [-0.15, -0.1) is 0 Å². The minimum atomic E-state index is -0.0867. The quantitative estimate of drug-likeness (QED) is 0.279. The van der Waals surface area contributed by atoms with E-state index >= 15 is 0 Å². The average Bonchev–Trinajstić information content (AvgIpc) is 3.00. The molecule has 1 aliphatic rings. The first-order chi connectivity index (χ1) is 10.8. The number of esters is 1. The number of rotatable bonds is 10. The predicted octanol–water partition coefficient (Wildman–Crippen LogP) is 1.84. The number of aliphatic imine (C=N–C) groups is 1. The van der Waals surface area contributed by atoms with Crippen LogP contribution >= 0.6 is 0 Å². The minimum Gasteiger partial charge on any atom is -0.462 e. The van der Waals surface area contributed by atoms with Crippen LogP contribution in [0.5, 0.6) is 0 Å². The molecule has 1 rings (SSSR count). The lowest BCUT2D eigenvalue weighted by Gasteiger charge is -2.12.